The van der Waals surface area contributed by atoms with E-state index in [0.29, 0.717) is 17.0 Å². The van der Waals surface area contributed by atoms with Gasteiger partial charge in [-0.3, -0.25) is 24.1 Å². The van der Waals surface area contributed by atoms with Crippen molar-refractivity contribution in [1.82, 2.24) is 4.90 Å². The smallest absolute Gasteiger partial charge is 0.326 e. The molecule has 0 bridgehead atoms. The van der Waals surface area contributed by atoms with Crippen molar-refractivity contribution in [1.29, 1.82) is 0 Å². The van der Waals surface area contributed by atoms with Crippen LogP contribution in [-0.2, 0) is 19.1 Å². The number of anilines is 1. The summed E-state index contributed by atoms with van der Waals surface area (Å²) < 4.78 is 10.7. The van der Waals surface area contributed by atoms with E-state index in [9.17, 15) is 19.2 Å². The third-order valence-corrected chi connectivity index (χ3v) is 5.34. The van der Waals surface area contributed by atoms with Crippen LogP contribution in [0, 0.1) is 6.92 Å². The van der Waals surface area contributed by atoms with Crippen molar-refractivity contribution in [3.8, 4) is 5.75 Å². The van der Waals surface area contributed by atoms with Crippen LogP contribution in [0.15, 0.2) is 53.4 Å². The van der Waals surface area contributed by atoms with E-state index in [1.54, 1.807) is 50.2 Å². The van der Waals surface area contributed by atoms with E-state index in [2.05, 4.69) is 5.32 Å². The van der Waals surface area contributed by atoms with Crippen LogP contribution in [0.3, 0.4) is 0 Å². The Morgan fingerprint density at radius 3 is 2.48 bits per heavy atom. The number of ether oxygens (including phenoxy) is 2. The molecule has 0 saturated carbocycles. The summed E-state index contributed by atoms with van der Waals surface area (Å²) in [5.41, 5.74) is 2.27. The number of esters is 1. The molecule has 3 rings (SSSR count). The topological polar surface area (TPSA) is 102 Å². The van der Waals surface area contributed by atoms with Gasteiger partial charge in [0.15, 0.2) is 6.61 Å². The van der Waals surface area contributed by atoms with Crippen LogP contribution >= 0.6 is 11.8 Å². The average molecular weight is 469 g/mol. The van der Waals surface area contributed by atoms with Gasteiger partial charge >= 0.3 is 5.97 Å². The summed E-state index contributed by atoms with van der Waals surface area (Å²) in [4.78, 5) is 50.0. The van der Waals surface area contributed by atoms with Crippen molar-refractivity contribution in [2.45, 2.75) is 26.9 Å². The minimum atomic E-state index is -0.656. The van der Waals surface area contributed by atoms with E-state index < -0.39 is 23.7 Å². The van der Waals surface area contributed by atoms with Crippen molar-refractivity contribution in [3.63, 3.8) is 0 Å². The molecule has 8 nitrogen and oxygen atoms in total. The first-order valence-electron chi connectivity index (χ1n) is 10.3. The molecule has 1 N–H and O–H groups in total. The molecule has 1 aliphatic rings. The molecule has 1 fully saturated rings. The molecule has 1 aliphatic heterocycles. The zero-order chi connectivity index (χ0) is 24.0. The normalized spacial score (nSPS) is 14.7. The van der Waals surface area contributed by atoms with Gasteiger partial charge in [0.2, 0.25) is 0 Å². The van der Waals surface area contributed by atoms with Gasteiger partial charge in [-0.2, -0.15) is 0 Å². The average Bonchev–Trinajstić information content (AvgIpc) is 3.01. The van der Waals surface area contributed by atoms with E-state index in [0.717, 1.165) is 22.2 Å². The van der Waals surface area contributed by atoms with E-state index in [1.807, 2.05) is 19.1 Å². The third kappa shape index (κ3) is 6.69. The molecule has 3 amide bonds. The highest BCUT2D eigenvalue weighted by atomic mass is 32.2. The maximum Gasteiger partial charge on any atom is 0.326 e. The Hall–Kier alpha value is -3.59. The Labute approximate surface area is 195 Å². The summed E-state index contributed by atoms with van der Waals surface area (Å²) in [6.07, 6.45) is 1.16. The van der Waals surface area contributed by atoms with Crippen LogP contribution in [0.25, 0.3) is 6.08 Å². The van der Waals surface area contributed by atoms with Crippen molar-refractivity contribution in [2.75, 3.05) is 18.5 Å². The highest BCUT2D eigenvalue weighted by molar-refractivity contribution is 8.18. The van der Waals surface area contributed by atoms with Crippen LogP contribution in [0.1, 0.15) is 25.0 Å². The molecule has 9 heteroatoms. The molecule has 1 saturated heterocycles. The summed E-state index contributed by atoms with van der Waals surface area (Å²) in [6, 6.07) is 14.2. The Kier molecular flexibility index (Phi) is 7.89. The van der Waals surface area contributed by atoms with Gasteiger partial charge < -0.3 is 14.8 Å². The van der Waals surface area contributed by atoms with Gasteiger partial charge in [0, 0.05) is 11.3 Å². The number of benzene rings is 2. The first-order valence-corrected chi connectivity index (χ1v) is 11.1. The Morgan fingerprint density at radius 1 is 1.09 bits per heavy atom. The van der Waals surface area contributed by atoms with E-state index >= 15 is 0 Å². The fourth-order valence-corrected chi connectivity index (χ4v) is 3.74. The molecule has 1 heterocycles. The molecule has 0 aromatic heterocycles. The van der Waals surface area contributed by atoms with Gasteiger partial charge in [-0.25, -0.2) is 0 Å². The number of imide groups is 1. The molecule has 0 radical (unpaired) electrons. The van der Waals surface area contributed by atoms with Crippen LogP contribution in [0.4, 0.5) is 10.5 Å². The number of nitrogens with one attached hydrogen (secondary N) is 1. The Bertz CT molecular complexity index is 1090. The van der Waals surface area contributed by atoms with Crippen LogP contribution < -0.4 is 10.1 Å². The molecule has 2 aromatic carbocycles. The first-order chi connectivity index (χ1) is 15.7. The van der Waals surface area contributed by atoms with Gasteiger partial charge in [0.05, 0.1) is 11.0 Å². The van der Waals surface area contributed by atoms with Crippen molar-refractivity contribution < 1.29 is 28.7 Å². The Morgan fingerprint density at radius 2 is 1.79 bits per heavy atom. The quantitative estimate of drug-likeness (QED) is 0.461. The molecule has 2 aromatic rings. The number of hydrogen-bond acceptors (Lipinski definition) is 7. The largest absolute Gasteiger partial charge is 0.483 e. The number of amides is 3. The second-order valence-electron chi connectivity index (χ2n) is 7.55. The van der Waals surface area contributed by atoms with E-state index in [-0.39, 0.29) is 23.5 Å². The van der Waals surface area contributed by atoms with Crippen LogP contribution in [0.2, 0.25) is 0 Å². The lowest BCUT2D eigenvalue weighted by atomic mass is 10.2. The molecule has 0 aliphatic carbocycles. The maximum absolute atomic E-state index is 12.6. The van der Waals surface area contributed by atoms with Crippen molar-refractivity contribution >= 4 is 46.5 Å². The number of rotatable bonds is 8. The minimum Gasteiger partial charge on any atom is -0.483 e. The molecule has 0 atom stereocenters. The zero-order valence-electron chi connectivity index (χ0n) is 18.5. The van der Waals surface area contributed by atoms with Gasteiger partial charge in [-0.05, 0) is 56.8 Å². The van der Waals surface area contributed by atoms with Gasteiger partial charge in [-0.15, -0.1) is 0 Å². The lowest BCUT2D eigenvalue weighted by Crippen LogP contribution is -2.35. The number of aryl methyl sites for hydroxylation is 1. The fraction of sp³-hybridized carbons (Fsp3) is 0.250. The lowest BCUT2D eigenvalue weighted by molar-refractivity contribution is -0.149. The summed E-state index contributed by atoms with van der Waals surface area (Å²) >= 11 is 0.729. The third-order valence-electron chi connectivity index (χ3n) is 4.43. The number of thioether (sulfide) groups is 1. The number of carbonyl (C=O) groups excluding carboxylic acids is 4. The SMILES string of the molecule is Cc1ccc(NC(=O)COc2ccccc2/C=C2/SC(=O)N(CC(=O)OC(C)C)C2=O)cc1. The predicted octanol–water partition coefficient (Wildman–Crippen LogP) is 4.00. The zero-order valence-corrected chi connectivity index (χ0v) is 19.3. The first kappa shape index (κ1) is 24.1. The molecular weight excluding hydrogens is 444 g/mol. The molecule has 172 valence electrons. The molecular formula is C24H24N2O6S. The van der Waals surface area contributed by atoms with Crippen molar-refractivity contribution in [2.24, 2.45) is 0 Å². The standard InChI is InChI=1S/C24H24N2O6S/c1-15(2)32-22(28)13-26-23(29)20(33-24(26)30)12-17-6-4-5-7-19(17)31-14-21(27)25-18-10-8-16(3)9-11-18/h4-12,15H,13-14H2,1-3H3,(H,25,27)/b20-12+. The Balaban J connectivity index is 1.66. The maximum atomic E-state index is 12.6. The number of para-hydroxylation sites is 1. The summed E-state index contributed by atoms with van der Waals surface area (Å²) in [5.74, 6) is -1.20. The summed E-state index contributed by atoms with van der Waals surface area (Å²) in [7, 11) is 0. The summed E-state index contributed by atoms with van der Waals surface area (Å²) in [6.45, 7) is 4.64. The van der Waals surface area contributed by atoms with Crippen LogP contribution in [0.5, 0.6) is 5.75 Å². The van der Waals surface area contributed by atoms with Crippen LogP contribution in [-0.4, -0.2) is 47.2 Å². The predicted molar refractivity (Wildman–Crippen MR) is 126 cm³/mol. The highest BCUT2D eigenvalue weighted by Crippen LogP contribution is 2.34. The molecule has 0 spiro atoms. The van der Waals surface area contributed by atoms with Gasteiger partial charge in [-0.1, -0.05) is 35.9 Å². The highest BCUT2D eigenvalue weighted by Gasteiger charge is 2.37. The molecule has 33 heavy (non-hydrogen) atoms. The number of carbonyl (C=O) groups is 4. The second-order valence-corrected chi connectivity index (χ2v) is 8.54. The van der Waals surface area contributed by atoms with Crippen molar-refractivity contribution in [3.05, 3.63) is 64.6 Å². The molecule has 0 unspecified atom stereocenters. The van der Waals surface area contributed by atoms with E-state index in [1.165, 1.54) is 6.08 Å². The van der Waals surface area contributed by atoms with Gasteiger partial charge in [0.25, 0.3) is 17.1 Å². The second kappa shape index (κ2) is 10.8. The number of nitrogens with zero attached hydrogens (tertiary/aromatic N) is 1. The van der Waals surface area contributed by atoms with Gasteiger partial charge in [0.1, 0.15) is 12.3 Å². The number of hydrogen-bond donors (Lipinski definition) is 1. The monoisotopic (exact) mass is 468 g/mol. The minimum absolute atomic E-state index is 0.150. The lowest BCUT2D eigenvalue weighted by Gasteiger charge is -2.13. The summed E-state index contributed by atoms with van der Waals surface area (Å²) in [5, 5.41) is 2.20. The fourth-order valence-electron chi connectivity index (χ4n) is 2.92. The van der Waals surface area contributed by atoms with E-state index in [4.69, 9.17) is 9.47 Å².